The third-order valence-corrected chi connectivity index (χ3v) is 9.74. The van der Waals surface area contributed by atoms with Gasteiger partial charge in [-0.05, 0) is 55.3 Å². The van der Waals surface area contributed by atoms with Crippen LogP contribution in [0.25, 0.3) is 88.5 Å². The van der Waals surface area contributed by atoms with E-state index >= 15 is 0 Å². The molecule has 4 nitrogen and oxygen atoms in total. The van der Waals surface area contributed by atoms with Crippen molar-refractivity contribution in [2.24, 2.45) is 0 Å². The summed E-state index contributed by atoms with van der Waals surface area (Å²) >= 11 is 0. The molecule has 3 heterocycles. The zero-order valence-electron chi connectivity index (χ0n) is 26.2. The third-order valence-electron chi connectivity index (χ3n) is 9.74. The molecule has 0 N–H and O–H groups in total. The van der Waals surface area contributed by atoms with Crippen molar-refractivity contribution in [3.05, 3.63) is 158 Å². The van der Waals surface area contributed by atoms with E-state index in [2.05, 4.69) is 143 Å². The SMILES string of the molecule is C1=CC(n2c3ccccc3c3c2ccc2c4ccccc4n(-c4ccc(-c5nc(-c6ccccc6)nc6ccccc56)cc4)c23)=CCC1. The predicted molar refractivity (Wildman–Crippen MR) is 200 cm³/mol. The molecule has 10 rings (SSSR count). The van der Waals surface area contributed by atoms with E-state index in [9.17, 15) is 0 Å². The van der Waals surface area contributed by atoms with Crippen molar-refractivity contribution in [1.29, 1.82) is 0 Å². The van der Waals surface area contributed by atoms with Gasteiger partial charge in [0.2, 0.25) is 0 Å². The summed E-state index contributed by atoms with van der Waals surface area (Å²) in [6.45, 7) is 0. The Labute approximate surface area is 277 Å². The van der Waals surface area contributed by atoms with E-state index in [4.69, 9.17) is 9.97 Å². The first-order chi connectivity index (χ1) is 23.8. The standard InChI is InChI=1S/C44H30N4/c1-3-13-30(14-4-1)44-45-37-20-10-7-18-35(37)42(46-44)29-23-25-32(26-24-29)48-38-21-11-8-17-33(38)34-27-28-40-41(43(34)48)36-19-9-12-22-39(36)47(40)31-15-5-2-6-16-31/h1,3-5,7-28H,2,6H2. The highest BCUT2D eigenvalue weighted by atomic mass is 15.0. The number of hydrogen-bond donors (Lipinski definition) is 0. The van der Waals surface area contributed by atoms with E-state index < -0.39 is 0 Å². The van der Waals surface area contributed by atoms with Gasteiger partial charge >= 0.3 is 0 Å². The monoisotopic (exact) mass is 614 g/mol. The van der Waals surface area contributed by atoms with Crippen LogP contribution < -0.4 is 0 Å². The molecular weight excluding hydrogens is 585 g/mol. The summed E-state index contributed by atoms with van der Waals surface area (Å²) in [5.74, 6) is 0.734. The van der Waals surface area contributed by atoms with Crippen molar-refractivity contribution in [3.63, 3.8) is 0 Å². The van der Waals surface area contributed by atoms with Gasteiger partial charge in [-0.2, -0.15) is 0 Å². The van der Waals surface area contributed by atoms with E-state index in [0.29, 0.717) is 0 Å². The fraction of sp³-hybridized carbons (Fsp3) is 0.0455. The second-order valence-electron chi connectivity index (χ2n) is 12.5. The zero-order chi connectivity index (χ0) is 31.6. The molecule has 48 heavy (non-hydrogen) atoms. The zero-order valence-corrected chi connectivity index (χ0v) is 26.2. The van der Waals surface area contributed by atoms with Crippen molar-refractivity contribution in [2.75, 3.05) is 0 Å². The average molecular weight is 615 g/mol. The maximum Gasteiger partial charge on any atom is 0.160 e. The lowest BCUT2D eigenvalue weighted by Gasteiger charge is -2.13. The minimum Gasteiger partial charge on any atom is -0.310 e. The predicted octanol–water partition coefficient (Wildman–Crippen LogP) is 11.4. The van der Waals surface area contributed by atoms with E-state index in [0.717, 1.165) is 52.1 Å². The van der Waals surface area contributed by atoms with Crippen molar-refractivity contribution in [2.45, 2.75) is 12.8 Å². The van der Waals surface area contributed by atoms with Gasteiger partial charge in [0, 0.05) is 49.4 Å². The molecule has 0 saturated heterocycles. The molecule has 226 valence electrons. The minimum absolute atomic E-state index is 0.734. The number of fused-ring (bicyclic) bond motifs is 8. The fourth-order valence-corrected chi connectivity index (χ4v) is 7.60. The summed E-state index contributed by atoms with van der Waals surface area (Å²) in [4.78, 5) is 10.0. The van der Waals surface area contributed by atoms with E-state index in [1.165, 1.54) is 49.3 Å². The summed E-state index contributed by atoms with van der Waals surface area (Å²) < 4.78 is 4.89. The molecule has 0 bridgehead atoms. The third kappa shape index (κ3) is 4.02. The van der Waals surface area contributed by atoms with E-state index in [-0.39, 0.29) is 0 Å². The van der Waals surface area contributed by atoms with Crippen molar-refractivity contribution in [3.8, 4) is 28.3 Å². The molecule has 0 atom stereocenters. The molecule has 0 fully saturated rings. The van der Waals surface area contributed by atoms with Crippen LogP contribution in [-0.2, 0) is 0 Å². The van der Waals surface area contributed by atoms with Crippen molar-refractivity contribution in [1.82, 2.24) is 19.1 Å². The number of rotatable bonds is 4. The van der Waals surface area contributed by atoms with Gasteiger partial charge in [-0.3, -0.25) is 0 Å². The lowest BCUT2D eigenvalue weighted by atomic mass is 10.0. The lowest BCUT2D eigenvalue weighted by molar-refractivity contribution is 1.02. The highest BCUT2D eigenvalue weighted by Gasteiger charge is 2.21. The Morgan fingerprint density at radius 2 is 1.19 bits per heavy atom. The van der Waals surface area contributed by atoms with Crippen LogP contribution in [0.1, 0.15) is 12.8 Å². The molecule has 1 aliphatic carbocycles. The van der Waals surface area contributed by atoms with Gasteiger partial charge in [0.25, 0.3) is 0 Å². The summed E-state index contributed by atoms with van der Waals surface area (Å²) in [5, 5.41) is 6.09. The smallest absolute Gasteiger partial charge is 0.160 e. The van der Waals surface area contributed by atoms with Gasteiger partial charge in [-0.15, -0.1) is 0 Å². The molecule has 0 radical (unpaired) electrons. The first kappa shape index (κ1) is 26.9. The Balaban J connectivity index is 1.22. The van der Waals surface area contributed by atoms with Gasteiger partial charge in [-0.1, -0.05) is 115 Å². The van der Waals surface area contributed by atoms with Crippen molar-refractivity contribution >= 4 is 60.2 Å². The molecule has 4 heteroatoms. The van der Waals surface area contributed by atoms with Crippen LogP contribution in [0, 0.1) is 0 Å². The number of para-hydroxylation sites is 3. The Bertz CT molecular complexity index is 2760. The largest absolute Gasteiger partial charge is 0.310 e. The Kier molecular flexibility index (Phi) is 5.97. The van der Waals surface area contributed by atoms with Crippen molar-refractivity contribution < 1.29 is 0 Å². The molecular formula is C44H30N4. The maximum absolute atomic E-state index is 5.12. The van der Waals surface area contributed by atoms with Gasteiger partial charge in [-0.25, -0.2) is 9.97 Å². The molecule has 0 spiro atoms. The molecule has 1 aliphatic rings. The second-order valence-corrected chi connectivity index (χ2v) is 12.5. The number of allylic oxidation sites excluding steroid dienone is 4. The van der Waals surface area contributed by atoms with Gasteiger partial charge in [0.05, 0.1) is 33.3 Å². The van der Waals surface area contributed by atoms with Crippen LogP contribution in [0.3, 0.4) is 0 Å². The average Bonchev–Trinajstić information content (AvgIpc) is 3.68. The molecule has 0 saturated carbocycles. The van der Waals surface area contributed by atoms with Gasteiger partial charge in [0.15, 0.2) is 5.82 Å². The van der Waals surface area contributed by atoms with Crippen LogP contribution in [0.4, 0.5) is 0 Å². The molecule has 6 aromatic carbocycles. The van der Waals surface area contributed by atoms with E-state index in [1.54, 1.807) is 0 Å². The number of aromatic nitrogens is 4. The quantitative estimate of drug-likeness (QED) is 0.198. The normalized spacial score (nSPS) is 13.3. The fourth-order valence-electron chi connectivity index (χ4n) is 7.60. The topological polar surface area (TPSA) is 35.6 Å². The molecule has 0 aliphatic heterocycles. The van der Waals surface area contributed by atoms with Crippen LogP contribution >= 0.6 is 0 Å². The summed E-state index contributed by atoms with van der Waals surface area (Å²) in [6, 6.07) is 49.6. The Morgan fingerprint density at radius 3 is 1.98 bits per heavy atom. The first-order valence-electron chi connectivity index (χ1n) is 16.6. The van der Waals surface area contributed by atoms with Crippen LogP contribution in [0.2, 0.25) is 0 Å². The Morgan fingerprint density at radius 1 is 0.479 bits per heavy atom. The maximum atomic E-state index is 5.12. The molecule has 3 aromatic heterocycles. The number of benzene rings is 6. The summed E-state index contributed by atoms with van der Waals surface area (Å²) in [6.07, 6.45) is 9.08. The van der Waals surface area contributed by atoms with Gasteiger partial charge in [0.1, 0.15) is 0 Å². The van der Waals surface area contributed by atoms with E-state index in [1.807, 2.05) is 24.3 Å². The Hall–Kier alpha value is -6.26. The van der Waals surface area contributed by atoms with Crippen LogP contribution in [0.15, 0.2) is 158 Å². The number of nitrogens with zero attached hydrogens (tertiary/aromatic N) is 4. The second kappa shape index (κ2) is 10.6. The first-order valence-corrected chi connectivity index (χ1v) is 16.6. The highest BCUT2D eigenvalue weighted by Crippen LogP contribution is 2.42. The highest BCUT2D eigenvalue weighted by molar-refractivity contribution is 6.26. The van der Waals surface area contributed by atoms with Crippen LogP contribution in [0.5, 0.6) is 0 Å². The molecule has 9 aromatic rings. The van der Waals surface area contributed by atoms with Crippen LogP contribution in [-0.4, -0.2) is 19.1 Å². The molecule has 0 unspecified atom stereocenters. The molecule has 0 amide bonds. The lowest BCUT2D eigenvalue weighted by Crippen LogP contribution is -1.98. The summed E-state index contributed by atoms with van der Waals surface area (Å²) in [5.41, 5.74) is 11.2. The number of hydrogen-bond acceptors (Lipinski definition) is 2. The summed E-state index contributed by atoms with van der Waals surface area (Å²) in [7, 11) is 0. The van der Waals surface area contributed by atoms with Gasteiger partial charge < -0.3 is 9.13 Å². The minimum atomic E-state index is 0.734.